The van der Waals surface area contributed by atoms with E-state index in [1.807, 2.05) is 0 Å². The number of halogens is 1. The van der Waals surface area contributed by atoms with Crippen LogP contribution in [0.1, 0.15) is 15.4 Å². The highest BCUT2D eigenvalue weighted by atomic mass is 79.9. The maximum absolute atomic E-state index is 11.9. The maximum atomic E-state index is 11.9. The van der Waals surface area contributed by atoms with Gasteiger partial charge in [-0.15, -0.1) is 11.3 Å². The fourth-order valence-electron chi connectivity index (χ4n) is 1.11. The Hall–Kier alpha value is -1.01. The van der Waals surface area contributed by atoms with E-state index in [1.165, 1.54) is 11.3 Å². The van der Waals surface area contributed by atoms with Crippen molar-refractivity contribution in [1.29, 1.82) is 0 Å². The first-order chi connectivity index (χ1) is 6.70. The van der Waals surface area contributed by atoms with Crippen LogP contribution in [0.3, 0.4) is 0 Å². The van der Waals surface area contributed by atoms with Gasteiger partial charge in [0.15, 0.2) is 0 Å². The van der Waals surface area contributed by atoms with E-state index in [9.17, 15) is 4.79 Å². The molecule has 2 aromatic rings. The molecule has 2 heterocycles. The molecule has 0 unspecified atom stereocenters. The standard InChI is InChI=1S/C8H6BrN3OS/c1-12-7(5(9)2-11-12)8(13)6-3-10-4-14-6/h2-4H,1H3. The summed E-state index contributed by atoms with van der Waals surface area (Å²) in [5.41, 5.74) is 2.19. The smallest absolute Gasteiger partial charge is 0.223 e. The number of hydrogen-bond donors (Lipinski definition) is 0. The Labute approximate surface area is 92.7 Å². The fraction of sp³-hybridized carbons (Fsp3) is 0.125. The molecule has 0 aliphatic rings. The zero-order chi connectivity index (χ0) is 10.1. The minimum Gasteiger partial charge on any atom is -0.286 e. The van der Waals surface area contributed by atoms with E-state index in [2.05, 4.69) is 26.0 Å². The number of aromatic nitrogens is 3. The Balaban J connectivity index is 2.46. The number of thiazole rings is 1. The van der Waals surface area contributed by atoms with Gasteiger partial charge in [-0.1, -0.05) is 0 Å². The summed E-state index contributed by atoms with van der Waals surface area (Å²) in [5.74, 6) is -0.0561. The topological polar surface area (TPSA) is 47.8 Å². The van der Waals surface area contributed by atoms with Crippen LogP contribution in [0.4, 0.5) is 0 Å². The van der Waals surface area contributed by atoms with Crippen molar-refractivity contribution in [3.05, 3.63) is 32.9 Å². The zero-order valence-corrected chi connectivity index (χ0v) is 9.67. The Morgan fingerprint density at radius 3 is 2.86 bits per heavy atom. The van der Waals surface area contributed by atoms with Crippen LogP contribution in [0.5, 0.6) is 0 Å². The Bertz CT molecular complexity index is 443. The summed E-state index contributed by atoms with van der Waals surface area (Å²) >= 11 is 4.61. The fourth-order valence-corrected chi connectivity index (χ4v) is 2.20. The summed E-state index contributed by atoms with van der Waals surface area (Å²) in [6, 6.07) is 0. The first-order valence-electron chi connectivity index (χ1n) is 3.81. The molecule has 0 saturated heterocycles. The van der Waals surface area contributed by atoms with Crippen molar-refractivity contribution in [2.24, 2.45) is 7.05 Å². The van der Waals surface area contributed by atoms with Crippen molar-refractivity contribution in [2.45, 2.75) is 0 Å². The summed E-state index contributed by atoms with van der Waals surface area (Å²) < 4.78 is 2.25. The molecule has 0 aliphatic carbocycles. The lowest BCUT2D eigenvalue weighted by molar-refractivity contribution is 0.103. The molecule has 0 amide bonds. The number of carbonyl (C=O) groups excluding carboxylic acids is 1. The largest absolute Gasteiger partial charge is 0.286 e. The van der Waals surface area contributed by atoms with Gasteiger partial charge >= 0.3 is 0 Å². The predicted molar refractivity (Wildman–Crippen MR) is 56.5 cm³/mol. The second kappa shape index (κ2) is 3.62. The first-order valence-corrected chi connectivity index (χ1v) is 5.48. The molecule has 2 aromatic heterocycles. The molecule has 0 saturated carbocycles. The van der Waals surface area contributed by atoms with E-state index < -0.39 is 0 Å². The number of rotatable bonds is 2. The SMILES string of the molecule is Cn1ncc(Br)c1C(=O)c1cncs1. The number of aryl methyl sites for hydroxylation is 1. The normalized spacial score (nSPS) is 10.4. The van der Waals surface area contributed by atoms with E-state index in [0.29, 0.717) is 15.0 Å². The van der Waals surface area contributed by atoms with E-state index in [1.54, 1.807) is 29.6 Å². The third kappa shape index (κ3) is 1.51. The second-order valence-electron chi connectivity index (χ2n) is 2.66. The van der Waals surface area contributed by atoms with Crippen LogP contribution in [-0.2, 0) is 7.05 Å². The lowest BCUT2D eigenvalue weighted by atomic mass is 10.2. The third-order valence-electron chi connectivity index (χ3n) is 1.77. The summed E-state index contributed by atoms with van der Waals surface area (Å²) in [5, 5.41) is 3.98. The van der Waals surface area contributed by atoms with Crippen molar-refractivity contribution in [2.75, 3.05) is 0 Å². The highest BCUT2D eigenvalue weighted by molar-refractivity contribution is 9.10. The van der Waals surface area contributed by atoms with Gasteiger partial charge in [-0.3, -0.25) is 14.5 Å². The van der Waals surface area contributed by atoms with Gasteiger partial charge in [0.05, 0.1) is 21.1 Å². The number of ketones is 1. The zero-order valence-electron chi connectivity index (χ0n) is 7.27. The Kier molecular flexibility index (Phi) is 2.47. The predicted octanol–water partition coefficient (Wildman–Crippen LogP) is 1.87. The van der Waals surface area contributed by atoms with Crippen molar-refractivity contribution in [3.8, 4) is 0 Å². The molecule has 0 atom stereocenters. The van der Waals surface area contributed by atoms with Gasteiger partial charge in [-0.2, -0.15) is 5.10 Å². The van der Waals surface area contributed by atoms with Crippen LogP contribution in [-0.4, -0.2) is 20.5 Å². The molecule has 0 aliphatic heterocycles. The van der Waals surface area contributed by atoms with Gasteiger partial charge in [0, 0.05) is 13.2 Å². The number of nitrogens with zero attached hydrogens (tertiary/aromatic N) is 3. The molecule has 0 spiro atoms. The molecule has 4 nitrogen and oxygen atoms in total. The number of carbonyl (C=O) groups is 1. The van der Waals surface area contributed by atoms with E-state index >= 15 is 0 Å². The molecule has 14 heavy (non-hydrogen) atoms. The average Bonchev–Trinajstić information content (AvgIpc) is 2.75. The second-order valence-corrected chi connectivity index (χ2v) is 4.40. The van der Waals surface area contributed by atoms with Gasteiger partial charge < -0.3 is 0 Å². The molecular formula is C8H6BrN3OS. The van der Waals surface area contributed by atoms with Crippen LogP contribution in [0, 0.1) is 0 Å². The van der Waals surface area contributed by atoms with Gasteiger partial charge in [0.2, 0.25) is 5.78 Å². The highest BCUT2D eigenvalue weighted by Crippen LogP contribution is 2.20. The van der Waals surface area contributed by atoms with Crippen LogP contribution in [0.2, 0.25) is 0 Å². The van der Waals surface area contributed by atoms with Crippen molar-refractivity contribution >= 4 is 33.0 Å². The molecule has 6 heteroatoms. The summed E-state index contributed by atoms with van der Waals surface area (Å²) in [7, 11) is 1.74. The quantitative estimate of drug-likeness (QED) is 0.784. The van der Waals surface area contributed by atoms with Crippen LogP contribution >= 0.6 is 27.3 Å². The maximum Gasteiger partial charge on any atom is 0.223 e. The van der Waals surface area contributed by atoms with Crippen molar-refractivity contribution < 1.29 is 4.79 Å². The summed E-state index contributed by atoms with van der Waals surface area (Å²) in [6.07, 6.45) is 3.17. The van der Waals surface area contributed by atoms with Gasteiger partial charge in [-0.05, 0) is 15.9 Å². The molecule has 0 N–H and O–H groups in total. The van der Waals surface area contributed by atoms with E-state index in [4.69, 9.17) is 0 Å². The molecular weight excluding hydrogens is 266 g/mol. The summed E-state index contributed by atoms with van der Waals surface area (Å²) in [6.45, 7) is 0. The molecule has 2 rings (SSSR count). The van der Waals surface area contributed by atoms with Crippen molar-refractivity contribution in [1.82, 2.24) is 14.8 Å². The van der Waals surface area contributed by atoms with Crippen molar-refractivity contribution in [3.63, 3.8) is 0 Å². The van der Waals surface area contributed by atoms with Gasteiger partial charge in [0.1, 0.15) is 5.69 Å². The molecule has 0 bridgehead atoms. The third-order valence-corrected chi connectivity index (χ3v) is 3.12. The number of hydrogen-bond acceptors (Lipinski definition) is 4. The minimum atomic E-state index is -0.0561. The van der Waals surface area contributed by atoms with Gasteiger partial charge in [0.25, 0.3) is 0 Å². The average molecular weight is 272 g/mol. The molecule has 0 aromatic carbocycles. The lowest BCUT2D eigenvalue weighted by Crippen LogP contribution is -2.07. The minimum absolute atomic E-state index is 0.0561. The van der Waals surface area contributed by atoms with Crippen LogP contribution < -0.4 is 0 Å². The monoisotopic (exact) mass is 271 g/mol. The Morgan fingerprint density at radius 2 is 2.36 bits per heavy atom. The van der Waals surface area contributed by atoms with Crippen LogP contribution in [0.15, 0.2) is 22.4 Å². The Morgan fingerprint density at radius 1 is 1.57 bits per heavy atom. The molecule has 72 valence electrons. The summed E-state index contributed by atoms with van der Waals surface area (Å²) in [4.78, 5) is 16.4. The molecule has 0 radical (unpaired) electrons. The van der Waals surface area contributed by atoms with Gasteiger partial charge in [-0.25, -0.2) is 0 Å². The van der Waals surface area contributed by atoms with E-state index in [0.717, 1.165) is 0 Å². The van der Waals surface area contributed by atoms with Crippen LogP contribution in [0.25, 0.3) is 0 Å². The lowest BCUT2D eigenvalue weighted by Gasteiger charge is -1.98. The first kappa shape index (κ1) is 9.54. The van der Waals surface area contributed by atoms with E-state index in [-0.39, 0.29) is 5.78 Å². The molecule has 0 fully saturated rings. The highest BCUT2D eigenvalue weighted by Gasteiger charge is 2.18.